The van der Waals surface area contributed by atoms with Gasteiger partial charge in [0.05, 0.1) is 12.6 Å². The Balaban J connectivity index is 1.81. The number of benzene rings is 1. The summed E-state index contributed by atoms with van der Waals surface area (Å²) in [5.41, 5.74) is 1.35. The normalized spacial score (nSPS) is 17.6. The number of ether oxygens (including phenoxy) is 1. The van der Waals surface area contributed by atoms with E-state index in [0.717, 1.165) is 12.0 Å². The van der Waals surface area contributed by atoms with Gasteiger partial charge >= 0.3 is 0 Å². The number of aromatic nitrogens is 1. The van der Waals surface area contributed by atoms with Crippen LogP contribution in [0.4, 0.5) is 0 Å². The first kappa shape index (κ1) is 13.6. The van der Waals surface area contributed by atoms with Gasteiger partial charge in [-0.1, -0.05) is 30.3 Å². The molecule has 1 atom stereocenters. The van der Waals surface area contributed by atoms with Crippen molar-refractivity contribution in [2.24, 2.45) is 0 Å². The summed E-state index contributed by atoms with van der Waals surface area (Å²) in [6.07, 6.45) is 0.783. The van der Waals surface area contributed by atoms with E-state index in [-0.39, 0.29) is 23.1 Å². The van der Waals surface area contributed by atoms with Crippen molar-refractivity contribution >= 4 is 5.91 Å². The fourth-order valence-corrected chi connectivity index (χ4v) is 2.35. The van der Waals surface area contributed by atoms with E-state index < -0.39 is 0 Å². The van der Waals surface area contributed by atoms with Crippen LogP contribution in [0, 0.1) is 0 Å². The van der Waals surface area contributed by atoms with Gasteiger partial charge < -0.3 is 15.0 Å². The lowest BCUT2D eigenvalue weighted by Crippen LogP contribution is -2.37. The van der Waals surface area contributed by atoms with Crippen molar-refractivity contribution in [2.75, 3.05) is 13.2 Å². The molecule has 1 aliphatic rings. The van der Waals surface area contributed by atoms with Crippen LogP contribution >= 0.6 is 0 Å². The molecule has 2 heterocycles. The average molecular weight is 284 g/mol. The zero-order valence-corrected chi connectivity index (χ0v) is 11.5. The van der Waals surface area contributed by atoms with Gasteiger partial charge in [-0.3, -0.25) is 9.59 Å². The molecule has 1 aromatic heterocycles. The van der Waals surface area contributed by atoms with Crippen molar-refractivity contribution < 1.29 is 9.53 Å². The van der Waals surface area contributed by atoms with E-state index in [1.165, 1.54) is 0 Å². The number of amides is 1. The molecule has 5 nitrogen and oxygen atoms in total. The van der Waals surface area contributed by atoms with Crippen molar-refractivity contribution in [1.29, 1.82) is 0 Å². The Labute approximate surface area is 122 Å². The van der Waals surface area contributed by atoms with Crippen LogP contribution in [0.1, 0.15) is 16.8 Å². The van der Waals surface area contributed by atoms with Crippen molar-refractivity contribution in [3.05, 3.63) is 58.4 Å². The Morgan fingerprint density at radius 3 is 2.67 bits per heavy atom. The summed E-state index contributed by atoms with van der Waals surface area (Å²) in [6.45, 7) is 1.15. The van der Waals surface area contributed by atoms with Crippen molar-refractivity contribution in [3.8, 4) is 11.3 Å². The number of hydrogen-bond donors (Lipinski definition) is 2. The number of rotatable bonds is 3. The van der Waals surface area contributed by atoms with Crippen LogP contribution in [0.25, 0.3) is 11.3 Å². The van der Waals surface area contributed by atoms with Gasteiger partial charge in [0.25, 0.3) is 11.5 Å². The quantitative estimate of drug-likeness (QED) is 0.898. The second kappa shape index (κ2) is 5.93. The maximum atomic E-state index is 12.1. The number of pyridine rings is 1. The zero-order valence-electron chi connectivity index (χ0n) is 11.5. The maximum Gasteiger partial charge on any atom is 0.261 e. The monoisotopic (exact) mass is 284 g/mol. The fourth-order valence-electron chi connectivity index (χ4n) is 2.35. The molecule has 0 saturated carbocycles. The molecule has 3 rings (SSSR count). The molecule has 0 bridgehead atoms. The standard InChI is InChI=1S/C16H16N2O3/c19-15(17-12-8-9-21-10-12)13-6-7-14(18-16(13)20)11-4-2-1-3-5-11/h1-7,12H,8-10H2,(H,17,19)(H,18,20)/t12-/m0/s1. The van der Waals surface area contributed by atoms with Gasteiger partial charge in [0.1, 0.15) is 5.56 Å². The van der Waals surface area contributed by atoms with Crippen LogP contribution in [0.15, 0.2) is 47.3 Å². The Morgan fingerprint density at radius 2 is 2.00 bits per heavy atom. The first-order chi connectivity index (χ1) is 10.2. The third-order valence-electron chi connectivity index (χ3n) is 3.50. The first-order valence-electron chi connectivity index (χ1n) is 6.91. The van der Waals surface area contributed by atoms with E-state index in [2.05, 4.69) is 10.3 Å². The molecule has 0 spiro atoms. The summed E-state index contributed by atoms with van der Waals surface area (Å²) in [7, 11) is 0. The minimum atomic E-state index is -0.382. The molecule has 0 aliphatic carbocycles. The highest BCUT2D eigenvalue weighted by Gasteiger charge is 2.20. The number of hydrogen-bond acceptors (Lipinski definition) is 3. The van der Waals surface area contributed by atoms with Gasteiger partial charge in [0.15, 0.2) is 0 Å². The third-order valence-corrected chi connectivity index (χ3v) is 3.50. The summed E-state index contributed by atoms with van der Waals surface area (Å²) in [5.74, 6) is -0.355. The molecule has 1 aliphatic heterocycles. The smallest absolute Gasteiger partial charge is 0.261 e. The number of aromatic amines is 1. The maximum absolute atomic E-state index is 12.1. The predicted molar refractivity (Wildman–Crippen MR) is 79.2 cm³/mol. The van der Waals surface area contributed by atoms with E-state index >= 15 is 0 Å². The predicted octanol–water partition coefficient (Wildman–Crippen LogP) is 1.56. The molecule has 1 amide bonds. The topological polar surface area (TPSA) is 71.2 Å². The van der Waals surface area contributed by atoms with Gasteiger partial charge in [-0.2, -0.15) is 0 Å². The van der Waals surface area contributed by atoms with Gasteiger partial charge in [0.2, 0.25) is 0 Å². The van der Waals surface area contributed by atoms with Crippen LogP contribution in [0.3, 0.4) is 0 Å². The van der Waals surface area contributed by atoms with Crippen LogP contribution < -0.4 is 10.9 Å². The van der Waals surface area contributed by atoms with Crippen LogP contribution in [0.2, 0.25) is 0 Å². The molecule has 1 saturated heterocycles. The highest BCUT2D eigenvalue weighted by Crippen LogP contribution is 2.14. The summed E-state index contributed by atoms with van der Waals surface area (Å²) >= 11 is 0. The van der Waals surface area contributed by atoms with Crippen LogP contribution in [-0.2, 0) is 4.74 Å². The molecule has 2 N–H and O–H groups in total. The van der Waals surface area contributed by atoms with Crippen molar-refractivity contribution in [2.45, 2.75) is 12.5 Å². The largest absolute Gasteiger partial charge is 0.379 e. The SMILES string of the molecule is O=C(N[C@H]1CCOC1)c1ccc(-c2ccccc2)[nH]c1=O. The second-order valence-electron chi connectivity index (χ2n) is 5.01. The molecule has 1 fully saturated rings. The molecular formula is C16H16N2O3. The van der Waals surface area contributed by atoms with E-state index in [0.29, 0.717) is 18.9 Å². The lowest BCUT2D eigenvalue weighted by molar-refractivity contribution is 0.0928. The fraction of sp³-hybridized carbons (Fsp3) is 0.250. The van der Waals surface area contributed by atoms with Crippen molar-refractivity contribution in [1.82, 2.24) is 10.3 Å². The average Bonchev–Trinajstić information content (AvgIpc) is 3.01. The van der Waals surface area contributed by atoms with E-state index in [1.807, 2.05) is 30.3 Å². The highest BCUT2D eigenvalue weighted by atomic mass is 16.5. The Hall–Kier alpha value is -2.40. The minimum absolute atomic E-state index is 0.00861. The van der Waals surface area contributed by atoms with Gasteiger partial charge in [0, 0.05) is 12.3 Å². The van der Waals surface area contributed by atoms with E-state index in [9.17, 15) is 9.59 Å². The number of carbonyl (C=O) groups is 1. The highest BCUT2D eigenvalue weighted by molar-refractivity contribution is 5.94. The van der Waals surface area contributed by atoms with Gasteiger partial charge in [-0.15, -0.1) is 0 Å². The van der Waals surface area contributed by atoms with Gasteiger partial charge in [-0.05, 0) is 24.1 Å². The summed E-state index contributed by atoms with van der Waals surface area (Å²) < 4.78 is 5.20. The lowest BCUT2D eigenvalue weighted by Gasteiger charge is -2.10. The molecule has 108 valence electrons. The second-order valence-corrected chi connectivity index (χ2v) is 5.01. The number of carbonyl (C=O) groups excluding carboxylic acids is 1. The summed E-state index contributed by atoms with van der Waals surface area (Å²) in [6, 6.07) is 12.8. The molecule has 21 heavy (non-hydrogen) atoms. The van der Waals surface area contributed by atoms with Gasteiger partial charge in [-0.25, -0.2) is 0 Å². The minimum Gasteiger partial charge on any atom is -0.379 e. The molecule has 0 radical (unpaired) electrons. The third kappa shape index (κ3) is 3.03. The Kier molecular flexibility index (Phi) is 3.83. The molecule has 0 unspecified atom stereocenters. The Morgan fingerprint density at radius 1 is 1.19 bits per heavy atom. The Bertz CT molecular complexity index is 688. The molecular weight excluding hydrogens is 268 g/mol. The lowest BCUT2D eigenvalue weighted by atomic mass is 10.1. The van der Waals surface area contributed by atoms with Crippen LogP contribution in [0.5, 0.6) is 0 Å². The summed E-state index contributed by atoms with van der Waals surface area (Å²) in [5, 5.41) is 2.81. The molecule has 5 heteroatoms. The van der Waals surface area contributed by atoms with Crippen LogP contribution in [-0.4, -0.2) is 30.1 Å². The number of nitrogens with one attached hydrogen (secondary N) is 2. The first-order valence-corrected chi connectivity index (χ1v) is 6.91. The summed E-state index contributed by atoms with van der Waals surface area (Å²) in [4.78, 5) is 26.9. The zero-order chi connectivity index (χ0) is 14.7. The van der Waals surface area contributed by atoms with E-state index in [4.69, 9.17) is 4.74 Å². The van der Waals surface area contributed by atoms with E-state index in [1.54, 1.807) is 12.1 Å². The molecule has 2 aromatic rings. The number of H-pyrrole nitrogens is 1. The molecule has 1 aromatic carbocycles. The van der Waals surface area contributed by atoms with Crippen molar-refractivity contribution in [3.63, 3.8) is 0 Å².